The third kappa shape index (κ3) is 7.56. The molecule has 1 fully saturated rings. The third-order valence-corrected chi connectivity index (χ3v) is 4.22. The molecule has 0 heterocycles. The third-order valence-electron chi connectivity index (χ3n) is 4.22. The highest BCUT2D eigenvalue weighted by atomic mass is 16.4. The molecule has 19 heavy (non-hydrogen) atoms. The normalized spacial score (nSPS) is 23.7. The van der Waals surface area contributed by atoms with E-state index >= 15 is 0 Å². The van der Waals surface area contributed by atoms with Crippen molar-refractivity contribution >= 4 is 5.97 Å². The highest BCUT2D eigenvalue weighted by molar-refractivity contribution is 5.70. The van der Waals surface area contributed by atoms with E-state index in [1.165, 1.54) is 32.1 Å². The Morgan fingerprint density at radius 1 is 1.11 bits per heavy atom. The second-order valence-electron chi connectivity index (χ2n) is 6.44. The smallest absolute Gasteiger partial charge is 0.306 e. The molecule has 2 N–H and O–H groups in total. The number of carbonyl (C=O) groups is 1. The van der Waals surface area contributed by atoms with Gasteiger partial charge in [-0.1, -0.05) is 39.5 Å². The molecule has 0 radical (unpaired) electrons. The largest absolute Gasteiger partial charge is 0.481 e. The zero-order valence-electron chi connectivity index (χ0n) is 12.7. The fourth-order valence-electron chi connectivity index (χ4n) is 2.88. The lowest BCUT2D eigenvalue weighted by Gasteiger charge is -2.26. The van der Waals surface area contributed by atoms with E-state index in [1.54, 1.807) is 0 Å². The predicted molar refractivity (Wildman–Crippen MR) is 79.3 cm³/mol. The Bertz CT molecular complexity index is 245. The fourth-order valence-corrected chi connectivity index (χ4v) is 2.88. The average molecular weight is 269 g/mol. The number of hydrogen-bond donors (Lipinski definition) is 2. The van der Waals surface area contributed by atoms with Gasteiger partial charge in [-0.15, -0.1) is 0 Å². The zero-order chi connectivity index (χ0) is 14.1. The van der Waals surface area contributed by atoms with Crippen molar-refractivity contribution in [3.05, 3.63) is 0 Å². The van der Waals surface area contributed by atoms with E-state index in [1.807, 2.05) is 0 Å². The van der Waals surface area contributed by atoms with Crippen LogP contribution in [0.4, 0.5) is 0 Å². The monoisotopic (exact) mass is 269 g/mol. The second kappa shape index (κ2) is 9.35. The Hall–Kier alpha value is -0.570. The summed E-state index contributed by atoms with van der Waals surface area (Å²) in [7, 11) is 0. The van der Waals surface area contributed by atoms with Crippen LogP contribution in [0.25, 0.3) is 0 Å². The summed E-state index contributed by atoms with van der Waals surface area (Å²) in [5.41, 5.74) is 0. The molecule has 112 valence electrons. The minimum absolute atomic E-state index is 0.0888. The molecule has 0 aliphatic heterocycles. The van der Waals surface area contributed by atoms with Crippen molar-refractivity contribution in [3.63, 3.8) is 0 Å². The van der Waals surface area contributed by atoms with Gasteiger partial charge in [0.1, 0.15) is 0 Å². The van der Waals surface area contributed by atoms with Gasteiger partial charge in [0, 0.05) is 6.04 Å². The van der Waals surface area contributed by atoms with Gasteiger partial charge in [0.05, 0.1) is 5.92 Å². The molecule has 1 saturated carbocycles. The fraction of sp³-hybridized carbons (Fsp3) is 0.938. The molecule has 1 aliphatic carbocycles. The van der Waals surface area contributed by atoms with Gasteiger partial charge in [0.2, 0.25) is 0 Å². The van der Waals surface area contributed by atoms with Crippen molar-refractivity contribution in [2.45, 2.75) is 77.7 Å². The van der Waals surface area contributed by atoms with Crippen LogP contribution in [0.3, 0.4) is 0 Å². The van der Waals surface area contributed by atoms with E-state index in [2.05, 4.69) is 19.2 Å². The quantitative estimate of drug-likeness (QED) is 0.625. The minimum atomic E-state index is -0.608. The summed E-state index contributed by atoms with van der Waals surface area (Å²) < 4.78 is 0. The summed E-state index contributed by atoms with van der Waals surface area (Å²) in [5.74, 6) is 0.139. The lowest BCUT2D eigenvalue weighted by molar-refractivity contribution is -0.142. The first kappa shape index (κ1) is 16.5. The molecule has 3 heteroatoms. The topological polar surface area (TPSA) is 49.3 Å². The predicted octanol–water partition coefficient (Wildman–Crippen LogP) is 3.83. The minimum Gasteiger partial charge on any atom is -0.481 e. The average Bonchev–Trinajstić information content (AvgIpc) is 2.38. The van der Waals surface area contributed by atoms with Crippen molar-refractivity contribution in [1.29, 1.82) is 0 Å². The molecule has 1 aliphatic rings. The van der Waals surface area contributed by atoms with Gasteiger partial charge in [-0.3, -0.25) is 4.79 Å². The SMILES string of the molecule is CC(C)CCCCCCNC1CCC(C(=O)O)CC1. The van der Waals surface area contributed by atoms with Crippen LogP contribution in [0, 0.1) is 11.8 Å². The Kier molecular flexibility index (Phi) is 8.11. The Morgan fingerprint density at radius 2 is 1.74 bits per heavy atom. The highest BCUT2D eigenvalue weighted by Crippen LogP contribution is 2.24. The zero-order valence-corrected chi connectivity index (χ0v) is 12.7. The molecule has 0 aromatic rings. The van der Waals surface area contributed by atoms with Crippen LogP contribution in [0.2, 0.25) is 0 Å². The number of carboxylic acids is 1. The molecule has 0 spiro atoms. The van der Waals surface area contributed by atoms with E-state index in [-0.39, 0.29) is 5.92 Å². The first-order chi connectivity index (χ1) is 9.09. The lowest BCUT2D eigenvalue weighted by Crippen LogP contribution is -2.35. The molecule has 0 saturated heterocycles. The van der Waals surface area contributed by atoms with E-state index in [0.29, 0.717) is 6.04 Å². The van der Waals surface area contributed by atoms with Crippen LogP contribution >= 0.6 is 0 Å². The molecule has 0 amide bonds. The summed E-state index contributed by atoms with van der Waals surface area (Å²) >= 11 is 0. The number of unbranched alkanes of at least 4 members (excludes halogenated alkanes) is 3. The van der Waals surface area contributed by atoms with Gasteiger partial charge >= 0.3 is 5.97 Å². The van der Waals surface area contributed by atoms with Gasteiger partial charge in [0.25, 0.3) is 0 Å². The van der Waals surface area contributed by atoms with Crippen molar-refractivity contribution < 1.29 is 9.90 Å². The van der Waals surface area contributed by atoms with Gasteiger partial charge in [-0.2, -0.15) is 0 Å². The Labute approximate surface area is 118 Å². The van der Waals surface area contributed by atoms with Crippen molar-refractivity contribution in [2.75, 3.05) is 6.54 Å². The number of aliphatic carboxylic acids is 1. The van der Waals surface area contributed by atoms with Crippen LogP contribution in [-0.4, -0.2) is 23.7 Å². The molecule has 0 aromatic carbocycles. The molecule has 0 unspecified atom stereocenters. The van der Waals surface area contributed by atoms with Gasteiger partial charge in [-0.05, 0) is 44.6 Å². The molecular weight excluding hydrogens is 238 g/mol. The van der Waals surface area contributed by atoms with E-state index in [0.717, 1.165) is 38.1 Å². The van der Waals surface area contributed by atoms with Crippen LogP contribution in [0.15, 0.2) is 0 Å². The first-order valence-corrected chi connectivity index (χ1v) is 8.05. The summed E-state index contributed by atoms with van der Waals surface area (Å²) in [4.78, 5) is 10.8. The Morgan fingerprint density at radius 3 is 2.32 bits per heavy atom. The van der Waals surface area contributed by atoms with Crippen LogP contribution in [0.5, 0.6) is 0 Å². The van der Waals surface area contributed by atoms with Crippen molar-refractivity contribution in [1.82, 2.24) is 5.32 Å². The number of carboxylic acid groups (broad SMARTS) is 1. The summed E-state index contributed by atoms with van der Waals surface area (Å²) in [6.45, 7) is 5.67. The first-order valence-electron chi connectivity index (χ1n) is 8.05. The van der Waals surface area contributed by atoms with Gasteiger partial charge < -0.3 is 10.4 Å². The van der Waals surface area contributed by atoms with Crippen molar-refractivity contribution in [3.8, 4) is 0 Å². The van der Waals surface area contributed by atoms with E-state index < -0.39 is 5.97 Å². The molecule has 1 rings (SSSR count). The summed E-state index contributed by atoms with van der Waals surface area (Å²) in [6, 6.07) is 0.561. The maximum atomic E-state index is 10.8. The molecular formula is C16H31NO2. The maximum Gasteiger partial charge on any atom is 0.306 e. The summed E-state index contributed by atoms with van der Waals surface area (Å²) in [6.07, 6.45) is 10.4. The summed E-state index contributed by atoms with van der Waals surface area (Å²) in [5, 5.41) is 12.5. The molecule has 0 atom stereocenters. The van der Waals surface area contributed by atoms with Crippen molar-refractivity contribution in [2.24, 2.45) is 11.8 Å². The second-order valence-corrected chi connectivity index (χ2v) is 6.44. The molecule has 0 bridgehead atoms. The van der Waals surface area contributed by atoms with E-state index in [9.17, 15) is 4.79 Å². The molecule has 0 aromatic heterocycles. The molecule has 3 nitrogen and oxygen atoms in total. The van der Waals surface area contributed by atoms with Crippen LogP contribution in [-0.2, 0) is 4.79 Å². The van der Waals surface area contributed by atoms with Gasteiger partial charge in [0.15, 0.2) is 0 Å². The van der Waals surface area contributed by atoms with E-state index in [4.69, 9.17) is 5.11 Å². The number of hydrogen-bond acceptors (Lipinski definition) is 2. The number of rotatable bonds is 9. The van der Waals surface area contributed by atoms with Crippen LogP contribution < -0.4 is 5.32 Å². The maximum absolute atomic E-state index is 10.8. The lowest BCUT2D eigenvalue weighted by atomic mass is 9.86. The van der Waals surface area contributed by atoms with Gasteiger partial charge in [-0.25, -0.2) is 0 Å². The Balaban J connectivity index is 1.92. The standard InChI is InChI=1S/C16H31NO2/c1-13(2)7-5-3-4-6-12-17-15-10-8-14(9-11-15)16(18)19/h13-15,17H,3-12H2,1-2H3,(H,18,19). The highest BCUT2D eigenvalue weighted by Gasteiger charge is 2.25. The number of nitrogens with one attached hydrogen (secondary N) is 1. The van der Waals surface area contributed by atoms with Crippen LogP contribution in [0.1, 0.15) is 71.6 Å².